The lowest BCUT2D eigenvalue weighted by molar-refractivity contribution is -0.163. The SMILES string of the molecule is C[C@@H](OC(=O)[C@H](C)N1C(=O)[C@H]2CC=CC[C@H]2C1=O)C(=O)Nc1ccc2c(c1)OCO2. The number of rotatable bonds is 5. The van der Waals surface area contributed by atoms with E-state index in [1.807, 2.05) is 12.2 Å². The molecule has 158 valence electrons. The van der Waals surface area contributed by atoms with E-state index >= 15 is 0 Å². The summed E-state index contributed by atoms with van der Waals surface area (Å²) in [7, 11) is 0. The highest BCUT2D eigenvalue weighted by molar-refractivity contribution is 6.08. The van der Waals surface area contributed by atoms with Gasteiger partial charge in [0.15, 0.2) is 17.6 Å². The Morgan fingerprint density at radius 2 is 1.70 bits per heavy atom. The predicted molar refractivity (Wildman–Crippen MR) is 103 cm³/mol. The maximum absolute atomic E-state index is 12.6. The van der Waals surface area contributed by atoms with Crippen LogP contribution in [-0.4, -0.2) is 47.5 Å². The smallest absolute Gasteiger partial charge is 0.329 e. The molecule has 0 bridgehead atoms. The number of allylic oxidation sites excluding steroid dienone is 2. The minimum atomic E-state index is -1.12. The highest BCUT2D eigenvalue weighted by Crippen LogP contribution is 2.36. The second-order valence-corrected chi connectivity index (χ2v) is 7.51. The standard InChI is InChI=1S/C21H22N2O7/c1-11(23-19(25)14-5-3-4-6-15(14)20(23)26)21(27)30-12(2)18(24)22-13-7-8-16-17(9-13)29-10-28-16/h3-4,7-9,11-12,14-15H,5-6,10H2,1-2H3,(H,22,24)/t11-,12+,14-,15+/m0/s1. The molecule has 1 N–H and O–H groups in total. The molecule has 1 aromatic carbocycles. The first kappa shape index (κ1) is 19.9. The molecule has 1 fully saturated rings. The molecule has 0 aromatic heterocycles. The minimum absolute atomic E-state index is 0.115. The molecule has 9 heteroatoms. The maximum Gasteiger partial charge on any atom is 0.329 e. The van der Waals surface area contributed by atoms with E-state index in [1.165, 1.54) is 13.8 Å². The number of nitrogens with zero attached hydrogens (tertiary/aromatic N) is 1. The Hall–Kier alpha value is -3.36. The summed E-state index contributed by atoms with van der Waals surface area (Å²) in [6.07, 6.45) is 3.61. The normalized spacial score (nSPS) is 23.7. The first-order valence-electron chi connectivity index (χ1n) is 9.79. The van der Waals surface area contributed by atoms with Gasteiger partial charge in [0, 0.05) is 11.8 Å². The number of amides is 3. The van der Waals surface area contributed by atoms with E-state index in [0.29, 0.717) is 30.0 Å². The molecule has 3 aliphatic rings. The van der Waals surface area contributed by atoms with Crippen molar-refractivity contribution in [1.82, 2.24) is 4.90 Å². The van der Waals surface area contributed by atoms with Gasteiger partial charge in [0.1, 0.15) is 6.04 Å². The lowest BCUT2D eigenvalue weighted by atomic mass is 9.85. The molecule has 1 aromatic rings. The van der Waals surface area contributed by atoms with E-state index in [0.717, 1.165) is 4.90 Å². The molecule has 3 amide bonds. The maximum atomic E-state index is 12.6. The van der Waals surface area contributed by atoms with Crippen LogP contribution in [0.2, 0.25) is 0 Å². The number of hydrogen-bond donors (Lipinski definition) is 1. The molecule has 4 rings (SSSR count). The Morgan fingerprint density at radius 1 is 1.07 bits per heavy atom. The lowest BCUT2D eigenvalue weighted by Gasteiger charge is -2.23. The van der Waals surface area contributed by atoms with Crippen molar-refractivity contribution in [3.8, 4) is 11.5 Å². The van der Waals surface area contributed by atoms with Crippen LogP contribution in [0.3, 0.4) is 0 Å². The van der Waals surface area contributed by atoms with Crippen molar-refractivity contribution in [1.29, 1.82) is 0 Å². The predicted octanol–water partition coefficient (Wildman–Crippen LogP) is 1.63. The zero-order valence-electron chi connectivity index (χ0n) is 16.6. The first-order chi connectivity index (χ1) is 14.4. The third-order valence-corrected chi connectivity index (χ3v) is 5.57. The number of ether oxygens (including phenoxy) is 3. The number of esters is 1. The average Bonchev–Trinajstić information content (AvgIpc) is 3.30. The topological polar surface area (TPSA) is 111 Å². The van der Waals surface area contributed by atoms with Gasteiger partial charge in [0.25, 0.3) is 5.91 Å². The number of carbonyl (C=O) groups excluding carboxylic acids is 4. The number of likely N-dealkylation sites (tertiary alicyclic amines) is 1. The van der Waals surface area contributed by atoms with Gasteiger partial charge in [0.05, 0.1) is 11.8 Å². The van der Waals surface area contributed by atoms with Crippen molar-refractivity contribution in [2.45, 2.75) is 38.8 Å². The van der Waals surface area contributed by atoms with E-state index in [-0.39, 0.29) is 18.6 Å². The molecule has 9 nitrogen and oxygen atoms in total. The quantitative estimate of drug-likeness (QED) is 0.443. The van der Waals surface area contributed by atoms with Gasteiger partial charge in [-0.2, -0.15) is 0 Å². The van der Waals surface area contributed by atoms with Gasteiger partial charge >= 0.3 is 5.97 Å². The molecule has 0 radical (unpaired) electrons. The summed E-state index contributed by atoms with van der Waals surface area (Å²) in [4.78, 5) is 51.2. The molecule has 4 atom stereocenters. The third-order valence-electron chi connectivity index (χ3n) is 5.57. The molecule has 1 saturated heterocycles. The molecule has 0 saturated carbocycles. The summed E-state index contributed by atoms with van der Waals surface area (Å²) in [5.41, 5.74) is 0.460. The van der Waals surface area contributed by atoms with Gasteiger partial charge in [-0.05, 0) is 38.8 Å². The van der Waals surface area contributed by atoms with Gasteiger partial charge in [-0.15, -0.1) is 0 Å². The van der Waals surface area contributed by atoms with Crippen LogP contribution in [0.1, 0.15) is 26.7 Å². The number of hydrogen-bond acceptors (Lipinski definition) is 7. The second kappa shape index (κ2) is 7.81. The van der Waals surface area contributed by atoms with Crippen molar-refractivity contribution in [2.75, 3.05) is 12.1 Å². The van der Waals surface area contributed by atoms with E-state index in [2.05, 4.69) is 5.32 Å². The number of nitrogens with one attached hydrogen (secondary N) is 1. The van der Waals surface area contributed by atoms with Crippen molar-refractivity contribution in [3.05, 3.63) is 30.4 Å². The van der Waals surface area contributed by atoms with E-state index in [9.17, 15) is 19.2 Å². The summed E-state index contributed by atoms with van der Waals surface area (Å²) < 4.78 is 15.7. The van der Waals surface area contributed by atoms with Gasteiger partial charge in [0.2, 0.25) is 18.6 Å². The van der Waals surface area contributed by atoms with Gasteiger partial charge in [-0.1, -0.05) is 12.2 Å². The Morgan fingerprint density at radius 3 is 2.37 bits per heavy atom. The third kappa shape index (κ3) is 3.51. The number of imide groups is 1. The number of anilines is 1. The van der Waals surface area contributed by atoms with Gasteiger partial charge in [-0.25, -0.2) is 4.79 Å². The molecule has 2 heterocycles. The molecular formula is C21H22N2O7. The van der Waals surface area contributed by atoms with Crippen molar-refractivity contribution in [3.63, 3.8) is 0 Å². The zero-order chi connectivity index (χ0) is 21.4. The van der Waals surface area contributed by atoms with E-state index in [4.69, 9.17) is 14.2 Å². The first-order valence-corrected chi connectivity index (χ1v) is 9.79. The van der Waals surface area contributed by atoms with Crippen LogP contribution < -0.4 is 14.8 Å². The molecule has 1 aliphatic carbocycles. The van der Waals surface area contributed by atoms with Crippen LogP contribution in [0, 0.1) is 11.8 Å². The molecule has 0 spiro atoms. The Balaban J connectivity index is 1.36. The van der Waals surface area contributed by atoms with Crippen molar-refractivity contribution in [2.24, 2.45) is 11.8 Å². The van der Waals surface area contributed by atoms with E-state index < -0.39 is 35.9 Å². The fourth-order valence-electron chi connectivity index (χ4n) is 3.86. The average molecular weight is 414 g/mol. The highest BCUT2D eigenvalue weighted by Gasteiger charge is 2.50. The second-order valence-electron chi connectivity index (χ2n) is 7.51. The molecule has 30 heavy (non-hydrogen) atoms. The summed E-state index contributed by atoms with van der Waals surface area (Å²) in [6.45, 7) is 2.97. The highest BCUT2D eigenvalue weighted by atomic mass is 16.7. The van der Waals surface area contributed by atoms with E-state index in [1.54, 1.807) is 18.2 Å². The lowest BCUT2D eigenvalue weighted by Crippen LogP contribution is -2.46. The van der Waals surface area contributed by atoms with Crippen LogP contribution in [0.4, 0.5) is 5.69 Å². The van der Waals surface area contributed by atoms with Crippen LogP contribution in [0.25, 0.3) is 0 Å². The molecule has 2 aliphatic heterocycles. The van der Waals surface area contributed by atoms with Crippen LogP contribution in [0.15, 0.2) is 30.4 Å². The fraction of sp³-hybridized carbons (Fsp3) is 0.429. The monoisotopic (exact) mass is 414 g/mol. The Bertz CT molecular complexity index is 915. The van der Waals surface area contributed by atoms with Crippen LogP contribution in [0.5, 0.6) is 11.5 Å². The molecular weight excluding hydrogens is 392 g/mol. The zero-order valence-corrected chi connectivity index (χ0v) is 16.6. The van der Waals surface area contributed by atoms with Gasteiger partial charge in [-0.3, -0.25) is 19.3 Å². The number of benzene rings is 1. The number of fused-ring (bicyclic) bond motifs is 2. The van der Waals surface area contributed by atoms with Gasteiger partial charge < -0.3 is 19.5 Å². The summed E-state index contributed by atoms with van der Waals surface area (Å²) >= 11 is 0. The summed E-state index contributed by atoms with van der Waals surface area (Å²) in [5.74, 6) is -1.85. The van der Waals surface area contributed by atoms with Crippen molar-refractivity contribution >= 4 is 29.4 Å². The van der Waals surface area contributed by atoms with Crippen LogP contribution >= 0.6 is 0 Å². The Labute approximate surface area is 172 Å². The van der Waals surface area contributed by atoms with Crippen LogP contribution in [-0.2, 0) is 23.9 Å². The Kier molecular flexibility index (Phi) is 5.19. The molecule has 0 unspecified atom stereocenters. The van der Waals surface area contributed by atoms with Crippen molar-refractivity contribution < 1.29 is 33.4 Å². The summed E-state index contributed by atoms with van der Waals surface area (Å²) in [6, 6.07) is 3.81. The minimum Gasteiger partial charge on any atom is -0.454 e. The fourth-order valence-corrected chi connectivity index (χ4v) is 3.86. The number of carbonyl (C=O) groups is 4. The summed E-state index contributed by atoms with van der Waals surface area (Å²) in [5, 5.41) is 2.64. The largest absolute Gasteiger partial charge is 0.454 e.